The summed E-state index contributed by atoms with van der Waals surface area (Å²) in [5.41, 5.74) is 3.29. The van der Waals surface area contributed by atoms with Crippen LogP contribution < -0.4 is 5.43 Å². The van der Waals surface area contributed by atoms with Crippen molar-refractivity contribution in [3.63, 3.8) is 0 Å². The molecular weight excluding hydrogens is 392 g/mol. The molecule has 2 rings (SSSR count). The van der Waals surface area contributed by atoms with E-state index >= 15 is 0 Å². The average Bonchev–Trinajstić information content (AvgIpc) is 2.46. The Labute approximate surface area is 189 Å². The molecule has 0 fully saturated rings. The number of nitrogens with zero attached hydrogens (tertiary/aromatic N) is 2. The van der Waals surface area contributed by atoms with Gasteiger partial charge in [0.15, 0.2) is 0 Å². The van der Waals surface area contributed by atoms with Crippen molar-refractivity contribution in [2.75, 3.05) is 5.43 Å². The Kier molecular flexibility index (Phi) is 9.98. The second kappa shape index (κ2) is 10.1. The van der Waals surface area contributed by atoms with Crippen molar-refractivity contribution in [1.29, 1.82) is 0 Å². The van der Waals surface area contributed by atoms with E-state index in [0.29, 0.717) is 11.4 Å². The predicted octanol–water partition coefficient (Wildman–Crippen LogP) is 1.53. The van der Waals surface area contributed by atoms with Gasteiger partial charge in [-0.15, -0.1) is 5.11 Å². The normalized spacial score (nSPS) is 11.4. The number of anilines is 1. The van der Waals surface area contributed by atoms with Gasteiger partial charge >= 0.3 is 0 Å². The zero-order valence-electron chi connectivity index (χ0n) is 13.4. The van der Waals surface area contributed by atoms with Gasteiger partial charge in [0.2, 0.25) is 0 Å². The topological polar surface area (TPSA) is 145 Å². The number of benzene rings is 2. The van der Waals surface area contributed by atoms with Crippen molar-refractivity contribution in [2.24, 2.45) is 10.3 Å². The van der Waals surface area contributed by atoms with Gasteiger partial charge in [-0.3, -0.25) is 14.5 Å². The third kappa shape index (κ3) is 7.83. The van der Waals surface area contributed by atoms with Gasteiger partial charge in [0.1, 0.15) is 0 Å². The summed E-state index contributed by atoms with van der Waals surface area (Å²) in [7, 11) is -8.51. The minimum atomic E-state index is -4.26. The van der Waals surface area contributed by atoms with E-state index in [1.165, 1.54) is 48.5 Å². The van der Waals surface area contributed by atoms with Gasteiger partial charge in [0.05, 0.1) is 21.2 Å². The van der Waals surface area contributed by atoms with E-state index in [-0.39, 0.29) is 68.9 Å². The molecule has 0 saturated carbocycles. The fourth-order valence-corrected chi connectivity index (χ4v) is 2.49. The Balaban J connectivity index is 0.00000288. The van der Waals surface area contributed by atoms with E-state index in [4.69, 9.17) is 9.11 Å². The third-order valence-electron chi connectivity index (χ3n) is 2.63. The van der Waals surface area contributed by atoms with Gasteiger partial charge in [0.25, 0.3) is 20.2 Å². The maximum atomic E-state index is 10.9. The molecule has 9 nitrogen and oxygen atoms in total. The van der Waals surface area contributed by atoms with Crippen LogP contribution in [0.25, 0.3) is 0 Å². The Hall–Kier alpha value is -0.340. The molecule has 0 aliphatic rings. The molecule has 2 radical (unpaired) electrons. The molecule has 0 heterocycles. The van der Waals surface area contributed by atoms with Gasteiger partial charge in [-0.1, -0.05) is 5.22 Å². The van der Waals surface area contributed by atoms with Crippen LogP contribution in [-0.4, -0.2) is 85.1 Å². The van der Waals surface area contributed by atoms with Crippen LogP contribution in [0, 0.1) is 0 Å². The van der Waals surface area contributed by atoms with Gasteiger partial charge in [-0.05, 0) is 48.5 Å². The molecule has 3 N–H and O–H groups in total. The molecule has 0 amide bonds. The quantitative estimate of drug-likeness (QED) is 0.297. The zero-order chi connectivity index (χ0) is 17.1. The van der Waals surface area contributed by atoms with E-state index < -0.39 is 20.2 Å². The molecule has 0 bridgehead atoms. The maximum Gasteiger partial charge on any atom is 0.294 e. The molecule has 0 atom stereocenters. The van der Waals surface area contributed by atoms with Crippen molar-refractivity contribution < 1.29 is 25.9 Å². The summed E-state index contributed by atoms with van der Waals surface area (Å²) in [6, 6.07) is 10.2. The monoisotopic (exact) mass is 403 g/mol. The molecule has 13 heteroatoms. The minimum Gasteiger partial charge on any atom is -0.282 e. The number of rotatable bonds is 5. The van der Waals surface area contributed by atoms with Crippen LogP contribution in [0.1, 0.15) is 0 Å². The van der Waals surface area contributed by atoms with E-state index in [2.05, 4.69) is 15.8 Å². The molecule has 0 aliphatic heterocycles. The fraction of sp³-hybridized carbons (Fsp3) is 0. The SMILES string of the molecule is O=S(=O)(O)c1ccc(N=NNc2ccc(S(=O)(=O)O)cc2)cc1.[Na].[Na]. The Bertz CT molecular complexity index is 930. The first kappa shape index (κ1) is 24.7. The summed E-state index contributed by atoms with van der Waals surface area (Å²) in [5, 5.41) is 7.41. The summed E-state index contributed by atoms with van der Waals surface area (Å²) < 4.78 is 61.2. The summed E-state index contributed by atoms with van der Waals surface area (Å²) in [4.78, 5) is -0.508. The second-order valence-electron chi connectivity index (χ2n) is 4.28. The van der Waals surface area contributed by atoms with E-state index in [1.54, 1.807) is 0 Å². The van der Waals surface area contributed by atoms with E-state index in [1.807, 2.05) is 0 Å². The fourth-order valence-electron chi connectivity index (χ4n) is 1.53. The van der Waals surface area contributed by atoms with Crippen molar-refractivity contribution in [3.8, 4) is 0 Å². The average molecular weight is 403 g/mol. The van der Waals surface area contributed by atoms with Crippen LogP contribution in [0.4, 0.5) is 11.4 Å². The molecule has 0 spiro atoms. The van der Waals surface area contributed by atoms with Crippen molar-refractivity contribution in [2.45, 2.75) is 9.79 Å². The first-order valence-electron chi connectivity index (χ1n) is 5.98. The van der Waals surface area contributed by atoms with Crippen LogP contribution >= 0.6 is 0 Å². The molecule has 0 aliphatic carbocycles. The summed E-state index contributed by atoms with van der Waals surface area (Å²) in [6.07, 6.45) is 0. The maximum absolute atomic E-state index is 10.9. The first-order valence-corrected chi connectivity index (χ1v) is 8.86. The molecule has 0 saturated heterocycles. The van der Waals surface area contributed by atoms with Gasteiger partial charge < -0.3 is 0 Å². The summed E-state index contributed by atoms with van der Waals surface area (Å²) in [5.74, 6) is 0. The van der Waals surface area contributed by atoms with Crippen LogP contribution in [0.2, 0.25) is 0 Å². The number of hydrogen-bond donors (Lipinski definition) is 3. The standard InChI is InChI=1S/C12H11N3O6S2.2Na/c16-22(17,18)11-5-1-9(2-6-11)13-15-14-10-3-7-12(8-4-10)23(19,20)21;;/h1-8H,(H,13,14)(H,16,17,18)(H,19,20,21);;. The molecule has 25 heavy (non-hydrogen) atoms. The third-order valence-corrected chi connectivity index (χ3v) is 4.37. The zero-order valence-corrected chi connectivity index (χ0v) is 19.0. The molecule has 2 aromatic carbocycles. The molecule has 124 valence electrons. The Morgan fingerprint density at radius 1 is 0.720 bits per heavy atom. The van der Waals surface area contributed by atoms with Crippen molar-refractivity contribution in [3.05, 3.63) is 48.5 Å². The minimum absolute atomic E-state index is 0. The number of hydrogen-bond acceptors (Lipinski definition) is 6. The van der Waals surface area contributed by atoms with Crippen molar-refractivity contribution >= 4 is 90.7 Å². The van der Waals surface area contributed by atoms with Crippen molar-refractivity contribution in [1.82, 2.24) is 0 Å². The van der Waals surface area contributed by atoms with Gasteiger partial charge in [0, 0.05) is 59.1 Å². The van der Waals surface area contributed by atoms with Gasteiger partial charge in [-0.2, -0.15) is 16.8 Å². The second-order valence-corrected chi connectivity index (χ2v) is 7.12. The van der Waals surface area contributed by atoms with E-state index in [0.717, 1.165) is 0 Å². The summed E-state index contributed by atoms with van der Waals surface area (Å²) in [6.45, 7) is 0. The van der Waals surface area contributed by atoms with Crippen LogP contribution in [0.5, 0.6) is 0 Å². The summed E-state index contributed by atoms with van der Waals surface area (Å²) >= 11 is 0. The van der Waals surface area contributed by atoms with Crippen LogP contribution in [-0.2, 0) is 20.2 Å². The molecule has 2 aromatic rings. The first-order chi connectivity index (χ1) is 10.7. The van der Waals surface area contributed by atoms with Crippen LogP contribution in [0.3, 0.4) is 0 Å². The Morgan fingerprint density at radius 2 is 1.12 bits per heavy atom. The van der Waals surface area contributed by atoms with E-state index in [9.17, 15) is 16.8 Å². The smallest absolute Gasteiger partial charge is 0.282 e. The largest absolute Gasteiger partial charge is 0.294 e. The Morgan fingerprint density at radius 3 is 1.52 bits per heavy atom. The van der Waals surface area contributed by atoms with Gasteiger partial charge in [-0.25, -0.2) is 0 Å². The van der Waals surface area contributed by atoms with Crippen LogP contribution in [0.15, 0.2) is 68.7 Å². The molecular formula is C12H11N3Na2O6S2. The molecule has 0 unspecified atom stereocenters. The predicted molar refractivity (Wildman–Crippen MR) is 92.2 cm³/mol. The molecule has 0 aromatic heterocycles. The number of nitrogens with one attached hydrogen (secondary N) is 1.